The number of rotatable bonds is 2. The Morgan fingerprint density at radius 3 is 2.69 bits per heavy atom. The van der Waals surface area contributed by atoms with Crippen molar-refractivity contribution in [2.45, 2.75) is 46.1 Å². The molecule has 0 amide bonds. The minimum absolute atomic E-state index is 0.124. The van der Waals surface area contributed by atoms with Gasteiger partial charge in [0.25, 0.3) is 0 Å². The minimum atomic E-state index is -0.124. The largest absolute Gasteiger partial charge is 0.382 e. The summed E-state index contributed by atoms with van der Waals surface area (Å²) in [5, 5.41) is 3.46. The second-order valence-corrected chi connectivity index (χ2v) is 5.54. The maximum atomic E-state index is 13.4. The van der Waals surface area contributed by atoms with Gasteiger partial charge in [-0.2, -0.15) is 0 Å². The van der Waals surface area contributed by atoms with Crippen LogP contribution in [0.15, 0.2) is 18.2 Å². The van der Waals surface area contributed by atoms with Gasteiger partial charge in [0.05, 0.1) is 0 Å². The minimum Gasteiger partial charge on any atom is -0.382 e. The van der Waals surface area contributed by atoms with Crippen LogP contribution in [-0.4, -0.2) is 6.04 Å². The summed E-state index contributed by atoms with van der Waals surface area (Å²) >= 11 is 0. The molecule has 1 fully saturated rings. The lowest BCUT2D eigenvalue weighted by atomic mass is 9.87. The molecule has 0 bridgehead atoms. The van der Waals surface area contributed by atoms with Crippen LogP contribution in [0, 0.1) is 18.2 Å². The molecule has 0 aromatic heterocycles. The predicted molar refractivity (Wildman–Crippen MR) is 66.2 cm³/mol. The van der Waals surface area contributed by atoms with Crippen molar-refractivity contribution in [1.82, 2.24) is 0 Å². The molecule has 1 saturated carbocycles. The van der Waals surface area contributed by atoms with Gasteiger partial charge in [-0.3, -0.25) is 0 Å². The Bertz CT molecular complexity index is 384. The summed E-state index contributed by atoms with van der Waals surface area (Å²) in [5.41, 5.74) is 1.93. The van der Waals surface area contributed by atoms with Crippen molar-refractivity contribution >= 4 is 5.69 Å². The Morgan fingerprint density at radius 2 is 2.12 bits per heavy atom. The van der Waals surface area contributed by atoms with Crippen molar-refractivity contribution in [1.29, 1.82) is 0 Å². The van der Waals surface area contributed by atoms with Gasteiger partial charge in [0.1, 0.15) is 5.82 Å². The standard InChI is InChI=1S/C14H20FN/c1-10-6-7-11(9-12(10)15)16-13-5-4-8-14(13,2)3/h6-7,9,13,16H,4-5,8H2,1-3H3. The molecule has 1 aliphatic rings. The molecule has 0 saturated heterocycles. The summed E-state index contributed by atoms with van der Waals surface area (Å²) in [4.78, 5) is 0. The van der Waals surface area contributed by atoms with E-state index in [1.54, 1.807) is 13.0 Å². The van der Waals surface area contributed by atoms with Crippen LogP contribution in [0.4, 0.5) is 10.1 Å². The van der Waals surface area contributed by atoms with E-state index in [1.165, 1.54) is 19.3 Å². The highest BCUT2D eigenvalue weighted by Gasteiger charge is 2.34. The number of hydrogen-bond donors (Lipinski definition) is 1. The Labute approximate surface area is 97.1 Å². The number of nitrogens with one attached hydrogen (secondary N) is 1. The molecule has 0 radical (unpaired) electrons. The monoisotopic (exact) mass is 221 g/mol. The summed E-state index contributed by atoms with van der Waals surface area (Å²) in [5.74, 6) is -0.124. The molecule has 0 heterocycles. The number of benzene rings is 1. The number of hydrogen-bond acceptors (Lipinski definition) is 1. The van der Waals surface area contributed by atoms with E-state index in [2.05, 4.69) is 19.2 Å². The number of aryl methyl sites for hydroxylation is 1. The molecule has 1 aliphatic carbocycles. The zero-order chi connectivity index (χ0) is 11.8. The fraction of sp³-hybridized carbons (Fsp3) is 0.571. The van der Waals surface area contributed by atoms with Crippen molar-refractivity contribution in [3.05, 3.63) is 29.6 Å². The van der Waals surface area contributed by atoms with E-state index in [0.717, 1.165) is 5.69 Å². The Hall–Kier alpha value is -1.05. The fourth-order valence-corrected chi connectivity index (χ4v) is 2.48. The molecule has 1 N–H and O–H groups in total. The first-order valence-electron chi connectivity index (χ1n) is 6.02. The van der Waals surface area contributed by atoms with Crippen LogP contribution in [0.25, 0.3) is 0 Å². The summed E-state index contributed by atoms with van der Waals surface area (Å²) in [7, 11) is 0. The van der Waals surface area contributed by atoms with E-state index in [0.29, 0.717) is 17.0 Å². The summed E-state index contributed by atoms with van der Waals surface area (Å²) < 4.78 is 13.4. The molecule has 1 aromatic carbocycles. The topological polar surface area (TPSA) is 12.0 Å². The second-order valence-electron chi connectivity index (χ2n) is 5.54. The molecular formula is C14H20FN. The zero-order valence-corrected chi connectivity index (χ0v) is 10.3. The van der Waals surface area contributed by atoms with Crippen LogP contribution in [-0.2, 0) is 0 Å². The van der Waals surface area contributed by atoms with Gasteiger partial charge in [-0.15, -0.1) is 0 Å². The van der Waals surface area contributed by atoms with Crippen LogP contribution in [0.2, 0.25) is 0 Å². The fourth-order valence-electron chi connectivity index (χ4n) is 2.48. The van der Waals surface area contributed by atoms with Gasteiger partial charge in [0, 0.05) is 11.7 Å². The van der Waals surface area contributed by atoms with Gasteiger partial charge < -0.3 is 5.32 Å². The molecule has 2 rings (SSSR count). The Balaban J connectivity index is 2.12. The smallest absolute Gasteiger partial charge is 0.128 e. The third kappa shape index (κ3) is 2.21. The van der Waals surface area contributed by atoms with E-state index < -0.39 is 0 Å². The normalized spacial score (nSPS) is 23.4. The SMILES string of the molecule is Cc1ccc(NC2CCCC2(C)C)cc1F. The van der Waals surface area contributed by atoms with Crippen molar-refractivity contribution < 1.29 is 4.39 Å². The first-order valence-corrected chi connectivity index (χ1v) is 6.02. The molecule has 0 aliphatic heterocycles. The van der Waals surface area contributed by atoms with Gasteiger partial charge >= 0.3 is 0 Å². The summed E-state index contributed by atoms with van der Waals surface area (Å²) in [6, 6.07) is 5.87. The third-order valence-electron chi connectivity index (χ3n) is 3.77. The van der Waals surface area contributed by atoms with E-state index >= 15 is 0 Å². The van der Waals surface area contributed by atoms with Gasteiger partial charge in [-0.25, -0.2) is 4.39 Å². The molecule has 1 unspecified atom stereocenters. The molecular weight excluding hydrogens is 201 g/mol. The maximum absolute atomic E-state index is 13.4. The van der Waals surface area contributed by atoms with E-state index in [4.69, 9.17) is 0 Å². The quantitative estimate of drug-likeness (QED) is 0.792. The first kappa shape index (κ1) is 11.4. The lowest BCUT2D eigenvalue weighted by Gasteiger charge is -2.28. The third-order valence-corrected chi connectivity index (χ3v) is 3.77. The zero-order valence-electron chi connectivity index (χ0n) is 10.3. The van der Waals surface area contributed by atoms with Crippen LogP contribution >= 0.6 is 0 Å². The van der Waals surface area contributed by atoms with E-state index in [9.17, 15) is 4.39 Å². The van der Waals surface area contributed by atoms with Crippen LogP contribution in [0.3, 0.4) is 0 Å². The first-order chi connectivity index (χ1) is 7.49. The molecule has 1 atom stereocenters. The lowest BCUT2D eigenvalue weighted by molar-refractivity contribution is 0.350. The van der Waals surface area contributed by atoms with E-state index in [1.807, 2.05) is 12.1 Å². The summed E-state index contributed by atoms with van der Waals surface area (Å²) in [6.45, 7) is 6.35. The van der Waals surface area contributed by atoms with Crippen molar-refractivity contribution in [2.75, 3.05) is 5.32 Å². The predicted octanol–water partition coefficient (Wildman–Crippen LogP) is 4.12. The van der Waals surface area contributed by atoms with Gasteiger partial charge in [-0.05, 0) is 42.9 Å². The van der Waals surface area contributed by atoms with Crippen LogP contribution in [0.1, 0.15) is 38.7 Å². The highest BCUT2D eigenvalue weighted by atomic mass is 19.1. The molecule has 88 valence electrons. The molecule has 1 aromatic rings. The molecule has 16 heavy (non-hydrogen) atoms. The average molecular weight is 221 g/mol. The Kier molecular flexibility index (Phi) is 2.92. The van der Waals surface area contributed by atoms with Crippen LogP contribution < -0.4 is 5.32 Å². The highest BCUT2D eigenvalue weighted by Crippen LogP contribution is 2.39. The highest BCUT2D eigenvalue weighted by molar-refractivity contribution is 5.46. The summed E-state index contributed by atoms with van der Waals surface area (Å²) in [6.07, 6.45) is 3.69. The van der Waals surface area contributed by atoms with Gasteiger partial charge in [0.15, 0.2) is 0 Å². The molecule has 1 nitrogen and oxygen atoms in total. The lowest BCUT2D eigenvalue weighted by Crippen LogP contribution is -2.30. The van der Waals surface area contributed by atoms with Crippen LogP contribution in [0.5, 0.6) is 0 Å². The second kappa shape index (κ2) is 4.08. The molecule has 0 spiro atoms. The number of anilines is 1. The van der Waals surface area contributed by atoms with E-state index in [-0.39, 0.29) is 5.82 Å². The van der Waals surface area contributed by atoms with Crippen molar-refractivity contribution in [3.63, 3.8) is 0 Å². The number of halogens is 1. The maximum Gasteiger partial charge on any atom is 0.128 e. The van der Waals surface area contributed by atoms with Gasteiger partial charge in [0.2, 0.25) is 0 Å². The van der Waals surface area contributed by atoms with Crippen molar-refractivity contribution in [3.8, 4) is 0 Å². The molecule has 2 heteroatoms. The van der Waals surface area contributed by atoms with Gasteiger partial charge in [-0.1, -0.05) is 26.3 Å². The average Bonchev–Trinajstić information content (AvgIpc) is 2.52. The Morgan fingerprint density at radius 1 is 1.38 bits per heavy atom. The van der Waals surface area contributed by atoms with Crippen molar-refractivity contribution in [2.24, 2.45) is 5.41 Å².